The van der Waals surface area contributed by atoms with E-state index in [1.165, 1.54) is 7.11 Å². The lowest BCUT2D eigenvalue weighted by Gasteiger charge is -2.11. The molecule has 0 fully saturated rings. The number of halogens is 1. The summed E-state index contributed by atoms with van der Waals surface area (Å²) < 4.78 is 11.0. The molecule has 4 aromatic rings. The van der Waals surface area contributed by atoms with Crippen molar-refractivity contribution in [2.24, 2.45) is 0 Å². The monoisotopic (exact) mass is 465 g/mol. The summed E-state index contributed by atoms with van der Waals surface area (Å²) in [5, 5.41) is 10.2. The summed E-state index contributed by atoms with van der Waals surface area (Å²) in [4.78, 5) is 12.7. The Bertz CT molecular complexity index is 1370. The molecule has 166 valence electrons. The minimum Gasteiger partial charge on any atom is -0.493 e. The normalized spacial score (nSPS) is 10.9. The van der Waals surface area contributed by atoms with Gasteiger partial charge in [-0.25, -0.2) is 4.79 Å². The van der Waals surface area contributed by atoms with Crippen LogP contribution in [0.25, 0.3) is 22.8 Å². The van der Waals surface area contributed by atoms with Gasteiger partial charge in [-0.05, 0) is 64.7 Å². The number of ether oxygens (including phenoxy) is 2. The molecule has 0 aliphatic carbocycles. The molecular formula is C29H20ClNO3. The highest BCUT2D eigenvalue weighted by Crippen LogP contribution is 2.31. The molecule has 0 aromatic heterocycles. The van der Waals surface area contributed by atoms with E-state index in [4.69, 9.17) is 21.1 Å². The van der Waals surface area contributed by atoms with Gasteiger partial charge in [0.1, 0.15) is 0 Å². The van der Waals surface area contributed by atoms with Crippen LogP contribution in [0.2, 0.25) is 5.02 Å². The van der Waals surface area contributed by atoms with E-state index >= 15 is 0 Å². The number of methoxy groups -OCH3 is 1. The lowest BCUT2D eigenvalue weighted by atomic mass is 10.0. The van der Waals surface area contributed by atoms with Gasteiger partial charge in [0, 0.05) is 5.02 Å². The molecular weight excluding hydrogens is 446 g/mol. The van der Waals surface area contributed by atoms with E-state index in [1.807, 2.05) is 42.5 Å². The summed E-state index contributed by atoms with van der Waals surface area (Å²) in [6.45, 7) is 0. The maximum Gasteiger partial charge on any atom is 0.343 e. The first-order chi connectivity index (χ1) is 16.6. The van der Waals surface area contributed by atoms with E-state index in [1.54, 1.807) is 60.7 Å². The Morgan fingerprint density at radius 3 is 2.12 bits per heavy atom. The van der Waals surface area contributed by atoms with Crippen LogP contribution in [0.4, 0.5) is 0 Å². The van der Waals surface area contributed by atoms with Crippen molar-refractivity contribution in [2.45, 2.75) is 0 Å². The number of carbonyl (C=O) groups is 1. The third kappa shape index (κ3) is 5.35. The maximum absolute atomic E-state index is 12.7. The zero-order valence-electron chi connectivity index (χ0n) is 18.4. The number of rotatable bonds is 6. The summed E-state index contributed by atoms with van der Waals surface area (Å²) >= 11 is 5.94. The minimum atomic E-state index is -0.486. The second-order valence-electron chi connectivity index (χ2n) is 7.42. The first-order valence-corrected chi connectivity index (χ1v) is 10.9. The number of nitriles is 1. The fourth-order valence-electron chi connectivity index (χ4n) is 3.42. The first-order valence-electron chi connectivity index (χ1n) is 10.5. The fraction of sp³-hybridized carbons (Fsp3) is 0.0345. The van der Waals surface area contributed by atoms with Crippen LogP contribution in [0.1, 0.15) is 21.5 Å². The molecule has 5 heteroatoms. The number of carbonyl (C=O) groups excluding carboxylic acids is 1. The second kappa shape index (κ2) is 10.5. The molecule has 0 heterocycles. The van der Waals surface area contributed by atoms with Crippen LogP contribution >= 0.6 is 11.6 Å². The Morgan fingerprint density at radius 1 is 0.824 bits per heavy atom. The lowest BCUT2D eigenvalue weighted by Crippen LogP contribution is -2.09. The van der Waals surface area contributed by atoms with Crippen LogP contribution < -0.4 is 9.47 Å². The predicted molar refractivity (Wildman–Crippen MR) is 135 cm³/mol. The highest BCUT2D eigenvalue weighted by molar-refractivity contribution is 6.30. The number of hydrogen-bond acceptors (Lipinski definition) is 4. The van der Waals surface area contributed by atoms with Crippen LogP contribution in [-0.4, -0.2) is 13.1 Å². The van der Waals surface area contributed by atoms with E-state index in [0.717, 1.165) is 22.3 Å². The van der Waals surface area contributed by atoms with E-state index in [2.05, 4.69) is 6.07 Å². The third-order valence-corrected chi connectivity index (χ3v) is 5.46. The smallest absolute Gasteiger partial charge is 0.343 e. The molecule has 34 heavy (non-hydrogen) atoms. The van der Waals surface area contributed by atoms with Gasteiger partial charge in [0.25, 0.3) is 0 Å². The molecule has 0 unspecified atom stereocenters. The highest BCUT2D eigenvalue weighted by Gasteiger charge is 2.13. The van der Waals surface area contributed by atoms with Crippen LogP contribution in [0, 0.1) is 11.3 Å². The Labute approximate surface area is 203 Å². The van der Waals surface area contributed by atoms with Crippen molar-refractivity contribution in [1.29, 1.82) is 5.26 Å². The van der Waals surface area contributed by atoms with Crippen molar-refractivity contribution in [3.63, 3.8) is 0 Å². The summed E-state index contributed by atoms with van der Waals surface area (Å²) in [7, 11) is 1.50. The van der Waals surface area contributed by atoms with Crippen molar-refractivity contribution in [3.05, 3.63) is 119 Å². The number of hydrogen-bond donors (Lipinski definition) is 0. The molecule has 0 aliphatic rings. The van der Waals surface area contributed by atoms with Crippen LogP contribution in [0.15, 0.2) is 97.1 Å². The third-order valence-electron chi connectivity index (χ3n) is 5.20. The summed E-state index contributed by atoms with van der Waals surface area (Å²) in [6, 6.07) is 31.5. The molecule has 0 radical (unpaired) electrons. The Morgan fingerprint density at radius 2 is 1.47 bits per heavy atom. The first kappa shape index (κ1) is 22.8. The predicted octanol–water partition coefficient (Wildman–Crippen LogP) is 7.30. The zero-order valence-corrected chi connectivity index (χ0v) is 19.1. The van der Waals surface area contributed by atoms with Gasteiger partial charge in [-0.3, -0.25) is 0 Å². The van der Waals surface area contributed by atoms with Gasteiger partial charge in [-0.1, -0.05) is 72.3 Å². The van der Waals surface area contributed by atoms with E-state index in [-0.39, 0.29) is 0 Å². The van der Waals surface area contributed by atoms with Crippen LogP contribution in [-0.2, 0) is 0 Å². The van der Waals surface area contributed by atoms with Crippen molar-refractivity contribution < 1.29 is 14.3 Å². The SMILES string of the molecule is COc1cc(/C=C(\C#N)c2ccc(Cl)cc2)ccc1OC(=O)c1ccc(-c2ccccc2)cc1. The zero-order chi connectivity index (χ0) is 23.9. The van der Waals surface area contributed by atoms with E-state index in [0.29, 0.717) is 27.7 Å². The Kier molecular flexibility index (Phi) is 7.07. The number of esters is 1. The molecule has 0 amide bonds. The maximum atomic E-state index is 12.7. The Hall–Kier alpha value is -4.33. The molecule has 4 nitrogen and oxygen atoms in total. The second-order valence-corrected chi connectivity index (χ2v) is 7.86. The molecule has 0 spiro atoms. The van der Waals surface area contributed by atoms with Gasteiger partial charge >= 0.3 is 5.97 Å². The lowest BCUT2D eigenvalue weighted by molar-refractivity contribution is 0.0729. The van der Waals surface area contributed by atoms with Gasteiger partial charge in [-0.2, -0.15) is 5.26 Å². The van der Waals surface area contributed by atoms with Gasteiger partial charge in [-0.15, -0.1) is 0 Å². The summed E-state index contributed by atoms with van der Waals surface area (Å²) in [5.41, 5.74) is 4.47. The van der Waals surface area contributed by atoms with Gasteiger partial charge in [0.15, 0.2) is 11.5 Å². The van der Waals surface area contributed by atoms with Crippen LogP contribution in [0.3, 0.4) is 0 Å². The van der Waals surface area contributed by atoms with Gasteiger partial charge < -0.3 is 9.47 Å². The van der Waals surface area contributed by atoms with Crippen molar-refractivity contribution in [1.82, 2.24) is 0 Å². The molecule has 4 aromatic carbocycles. The molecule has 0 atom stereocenters. The standard InChI is InChI=1S/C29H20ClNO3/c1-33-28-18-20(17-25(19-31)23-12-14-26(30)15-13-23)7-16-27(28)34-29(32)24-10-8-22(9-11-24)21-5-3-2-4-6-21/h2-18H,1H3/b25-17+. The topological polar surface area (TPSA) is 59.3 Å². The minimum absolute atomic E-state index is 0.293. The highest BCUT2D eigenvalue weighted by atomic mass is 35.5. The van der Waals surface area contributed by atoms with Crippen molar-refractivity contribution >= 4 is 29.2 Å². The quantitative estimate of drug-likeness (QED) is 0.130. The summed E-state index contributed by atoms with van der Waals surface area (Å²) in [6.07, 6.45) is 1.74. The number of nitrogens with zero attached hydrogens (tertiary/aromatic N) is 1. The van der Waals surface area contributed by atoms with E-state index < -0.39 is 5.97 Å². The summed E-state index contributed by atoms with van der Waals surface area (Å²) in [5.74, 6) is 0.193. The van der Waals surface area contributed by atoms with Crippen molar-refractivity contribution in [2.75, 3.05) is 7.11 Å². The molecule has 0 saturated carbocycles. The molecule has 0 N–H and O–H groups in total. The van der Waals surface area contributed by atoms with Gasteiger partial charge in [0.2, 0.25) is 0 Å². The van der Waals surface area contributed by atoms with Gasteiger partial charge in [0.05, 0.1) is 24.3 Å². The number of allylic oxidation sites excluding steroid dienone is 1. The van der Waals surface area contributed by atoms with Crippen molar-refractivity contribution in [3.8, 4) is 28.7 Å². The molecule has 4 rings (SSSR count). The number of benzene rings is 4. The Balaban J connectivity index is 1.53. The molecule has 0 aliphatic heterocycles. The van der Waals surface area contributed by atoms with E-state index in [9.17, 15) is 10.1 Å². The molecule has 0 bridgehead atoms. The fourth-order valence-corrected chi connectivity index (χ4v) is 3.55. The van der Waals surface area contributed by atoms with Crippen LogP contribution in [0.5, 0.6) is 11.5 Å². The molecule has 0 saturated heterocycles. The average molecular weight is 466 g/mol. The largest absolute Gasteiger partial charge is 0.493 e. The average Bonchev–Trinajstić information content (AvgIpc) is 2.89.